The van der Waals surface area contributed by atoms with E-state index in [9.17, 15) is 5.11 Å². The largest absolute Gasteiger partial charge is 0.414 e. The molecule has 1 heterocycles. The van der Waals surface area contributed by atoms with Crippen LogP contribution in [0.4, 0.5) is 0 Å². The minimum absolute atomic E-state index is 0.112. The lowest BCUT2D eigenvalue weighted by molar-refractivity contribution is 0.00746. The summed E-state index contributed by atoms with van der Waals surface area (Å²) in [5.74, 6) is 0. The van der Waals surface area contributed by atoms with E-state index in [1.807, 2.05) is 0 Å². The lowest BCUT2D eigenvalue weighted by Gasteiger charge is -2.37. The molecule has 1 aliphatic heterocycles. The van der Waals surface area contributed by atoms with Crippen LogP contribution in [-0.4, -0.2) is 38.8 Å². The highest BCUT2D eigenvalue weighted by molar-refractivity contribution is 6.74. The zero-order chi connectivity index (χ0) is 11.7. The van der Waals surface area contributed by atoms with Crippen LogP contribution in [0.2, 0.25) is 18.1 Å². The first-order chi connectivity index (χ1) is 6.74. The molecule has 3 nitrogen and oxygen atoms in total. The maximum atomic E-state index is 9.60. The molecule has 0 spiro atoms. The Morgan fingerprint density at radius 1 is 1.40 bits per heavy atom. The summed E-state index contributed by atoms with van der Waals surface area (Å²) in [4.78, 5) is 0. The number of ether oxygens (including phenoxy) is 1. The topological polar surface area (TPSA) is 38.7 Å². The Labute approximate surface area is 93.9 Å². The molecule has 0 saturated carbocycles. The van der Waals surface area contributed by atoms with Crippen LogP contribution in [-0.2, 0) is 9.16 Å². The Bertz CT molecular complexity index is 210. The molecule has 2 atom stereocenters. The summed E-state index contributed by atoms with van der Waals surface area (Å²) in [5, 5.41) is 9.82. The monoisotopic (exact) mass is 232 g/mol. The number of aliphatic hydroxyl groups is 1. The van der Waals surface area contributed by atoms with Gasteiger partial charge in [-0.05, 0) is 24.6 Å². The van der Waals surface area contributed by atoms with Gasteiger partial charge in [0.1, 0.15) is 6.10 Å². The lowest BCUT2D eigenvalue weighted by atomic mass is 10.2. The number of rotatable bonds is 3. The molecule has 90 valence electrons. The number of hydrogen-bond donors (Lipinski definition) is 1. The van der Waals surface area contributed by atoms with Crippen molar-refractivity contribution in [1.82, 2.24) is 0 Å². The summed E-state index contributed by atoms with van der Waals surface area (Å²) in [5.41, 5.74) is 0. The Kier molecular flexibility index (Phi) is 3.98. The molecule has 1 saturated heterocycles. The van der Waals surface area contributed by atoms with E-state index in [4.69, 9.17) is 9.16 Å². The van der Waals surface area contributed by atoms with Gasteiger partial charge in [0.25, 0.3) is 0 Å². The first kappa shape index (κ1) is 13.2. The summed E-state index contributed by atoms with van der Waals surface area (Å²) in [7, 11) is -1.69. The van der Waals surface area contributed by atoms with Crippen molar-refractivity contribution in [3.8, 4) is 0 Å². The van der Waals surface area contributed by atoms with Crippen LogP contribution in [0.3, 0.4) is 0 Å². The average Bonchev–Trinajstić information content (AvgIpc) is 2.46. The Morgan fingerprint density at radius 3 is 2.40 bits per heavy atom. The zero-order valence-electron chi connectivity index (χ0n) is 10.5. The van der Waals surface area contributed by atoms with Gasteiger partial charge in [-0.25, -0.2) is 0 Å². The summed E-state index contributed by atoms with van der Waals surface area (Å²) in [6, 6.07) is 0. The van der Waals surface area contributed by atoms with E-state index in [2.05, 4.69) is 33.9 Å². The third-order valence-corrected chi connectivity index (χ3v) is 8.09. The van der Waals surface area contributed by atoms with Gasteiger partial charge in [0.2, 0.25) is 0 Å². The van der Waals surface area contributed by atoms with Gasteiger partial charge in [-0.3, -0.25) is 0 Å². The summed E-state index contributed by atoms with van der Waals surface area (Å²) < 4.78 is 11.4. The second kappa shape index (κ2) is 4.53. The molecule has 1 aliphatic rings. The van der Waals surface area contributed by atoms with Crippen LogP contribution in [0.25, 0.3) is 0 Å². The van der Waals surface area contributed by atoms with Crippen molar-refractivity contribution in [2.24, 2.45) is 0 Å². The predicted molar refractivity (Wildman–Crippen MR) is 63.5 cm³/mol. The van der Waals surface area contributed by atoms with Gasteiger partial charge < -0.3 is 14.3 Å². The maximum absolute atomic E-state index is 9.60. The number of aliphatic hydroxyl groups excluding tert-OH is 1. The van der Waals surface area contributed by atoms with Crippen LogP contribution in [0.5, 0.6) is 0 Å². The molecule has 0 radical (unpaired) electrons. The van der Waals surface area contributed by atoms with Crippen LogP contribution >= 0.6 is 0 Å². The minimum atomic E-state index is -1.69. The van der Waals surface area contributed by atoms with E-state index in [1.54, 1.807) is 0 Å². The van der Waals surface area contributed by atoms with E-state index in [1.165, 1.54) is 0 Å². The van der Waals surface area contributed by atoms with Crippen molar-refractivity contribution in [3.63, 3.8) is 0 Å². The van der Waals surface area contributed by atoms with Crippen LogP contribution in [0.15, 0.2) is 0 Å². The molecule has 0 aromatic rings. The Hall–Kier alpha value is 0.0969. The normalized spacial score (nSPS) is 28.4. The molecule has 0 aliphatic carbocycles. The minimum Gasteiger partial charge on any atom is -0.414 e. The van der Waals surface area contributed by atoms with E-state index >= 15 is 0 Å². The van der Waals surface area contributed by atoms with Gasteiger partial charge >= 0.3 is 0 Å². The summed E-state index contributed by atoms with van der Waals surface area (Å²) >= 11 is 0. The quantitative estimate of drug-likeness (QED) is 0.758. The molecule has 0 aromatic heterocycles. The molecule has 1 N–H and O–H groups in total. The van der Waals surface area contributed by atoms with Crippen LogP contribution < -0.4 is 0 Å². The average molecular weight is 232 g/mol. The Morgan fingerprint density at radius 2 is 2.00 bits per heavy atom. The molecule has 15 heavy (non-hydrogen) atoms. The Balaban J connectivity index is 2.42. The molecule has 0 bridgehead atoms. The van der Waals surface area contributed by atoms with Crippen molar-refractivity contribution < 1.29 is 14.3 Å². The van der Waals surface area contributed by atoms with E-state index in [-0.39, 0.29) is 17.2 Å². The van der Waals surface area contributed by atoms with Gasteiger partial charge in [-0.15, -0.1) is 0 Å². The SMILES string of the molecule is CC(C)(C)[Si](C)(C)OC[C@H]1OCC[C@H]1O. The molecule has 0 unspecified atom stereocenters. The highest BCUT2D eigenvalue weighted by Crippen LogP contribution is 2.36. The fraction of sp³-hybridized carbons (Fsp3) is 1.00. The van der Waals surface area contributed by atoms with Gasteiger partial charge in [-0.1, -0.05) is 20.8 Å². The van der Waals surface area contributed by atoms with Gasteiger partial charge in [0.05, 0.1) is 12.7 Å². The third-order valence-electron chi connectivity index (χ3n) is 3.59. The molecule has 4 heteroatoms. The highest BCUT2D eigenvalue weighted by atomic mass is 28.4. The van der Waals surface area contributed by atoms with Crippen molar-refractivity contribution in [2.75, 3.05) is 13.2 Å². The van der Waals surface area contributed by atoms with Gasteiger partial charge in [-0.2, -0.15) is 0 Å². The fourth-order valence-electron chi connectivity index (χ4n) is 1.30. The first-order valence-electron chi connectivity index (χ1n) is 5.68. The molecular weight excluding hydrogens is 208 g/mol. The predicted octanol–water partition coefficient (Wildman–Crippen LogP) is 2.16. The van der Waals surface area contributed by atoms with E-state index in [0.29, 0.717) is 13.2 Å². The molecule has 0 aromatic carbocycles. The van der Waals surface area contributed by atoms with Crippen molar-refractivity contribution >= 4 is 8.32 Å². The molecule has 0 amide bonds. The smallest absolute Gasteiger partial charge is 0.192 e. The molecule has 1 rings (SSSR count). The highest BCUT2D eigenvalue weighted by Gasteiger charge is 2.38. The lowest BCUT2D eigenvalue weighted by Crippen LogP contribution is -2.43. The maximum Gasteiger partial charge on any atom is 0.192 e. The van der Waals surface area contributed by atoms with Gasteiger partial charge in [0.15, 0.2) is 8.32 Å². The second-order valence-electron chi connectivity index (χ2n) is 5.84. The number of hydrogen-bond acceptors (Lipinski definition) is 3. The standard InChI is InChI=1S/C11H24O3Si/c1-11(2,3)15(4,5)14-8-10-9(12)6-7-13-10/h9-10,12H,6-8H2,1-5H3/t9-,10-/m1/s1. The van der Waals surface area contributed by atoms with Crippen LogP contribution in [0.1, 0.15) is 27.2 Å². The van der Waals surface area contributed by atoms with Crippen LogP contribution in [0, 0.1) is 0 Å². The third kappa shape index (κ3) is 3.28. The van der Waals surface area contributed by atoms with E-state index in [0.717, 1.165) is 6.42 Å². The summed E-state index contributed by atoms with van der Waals surface area (Å²) in [6.07, 6.45) is 0.291. The fourth-order valence-corrected chi connectivity index (χ4v) is 2.32. The van der Waals surface area contributed by atoms with Crippen molar-refractivity contribution in [1.29, 1.82) is 0 Å². The molecule has 1 fully saturated rings. The van der Waals surface area contributed by atoms with Crippen molar-refractivity contribution in [3.05, 3.63) is 0 Å². The summed E-state index contributed by atoms with van der Waals surface area (Å²) in [6.45, 7) is 12.3. The first-order valence-corrected chi connectivity index (χ1v) is 8.58. The van der Waals surface area contributed by atoms with Crippen molar-refractivity contribution in [2.45, 2.75) is 57.5 Å². The second-order valence-corrected chi connectivity index (χ2v) is 10.6. The van der Waals surface area contributed by atoms with Gasteiger partial charge in [0, 0.05) is 6.61 Å². The van der Waals surface area contributed by atoms with E-state index < -0.39 is 8.32 Å². The zero-order valence-corrected chi connectivity index (χ0v) is 11.5. The molecular formula is C11H24O3Si.